The van der Waals surface area contributed by atoms with Crippen LogP contribution in [0.1, 0.15) is 16.1 Å². The first-order valence-electron chi connectivity index (χ1n) is 10.5. The van der Waals surface area contributed by atoms with Gasteiger partial charge in [-0.3, -0.25) is 9.20 Å². The Morgan fingerprint density at radius 1 is 0.970 bits per heavy atom. The number of aromatic nitrogens is 5. The second kappa shape index (κ2) is 7.83. The van der Waals surface area contributed by atoms with E-state index in [-0.39, 0.29) is 5.56 Å². The van der Waals surface area contributed by atoms with Gasteiger partial charge in [0.15, 0.2) is 5.16 Å². The number of fused-ring (bicyclic) bond motifs is 4. The van der Waals surface area contributed by atoms with Crippen LogP contribution in [0.15, 0.2) is 76.7 Å². The van der Waals surface area contributed by atoms with E-state index in [9.17, 15) is 4.79 Å². The molecule has 0 bridgehead atoms. The van der Waals surface area contributed by atoms with E-state index in [1.807, 2.05) is 78.9 Å². The molecule has 0 fully saturated rings. The molecule has 0 aliphatic heterocycles. The fourth-order valence-electron chi connectivity index (χ4n) is 4.06. The maximum absolute atomic E-state index is 13.6. The molecule has 6 rings (SSSR count). The van der Waals surface area contributed by atoms with Gasteiger partial charge in [0.25, 0.3) is 5.56 Å². The molecule has 0 saturated carbocycles. The molecule has 0 radical (unpaired) electrons. The van der Waals surface area contributed by atoms with Crippen molar-refractivity contribution in [2.75, 3.05) is 0 Å². The van der Waals surface area contributed by atoms with Crippen LogP contribution in [0.2, 0.25) is 0 Å². The Morgan fingerprint density at radius 3 is 2.67 bits per heavy atom. The summed E-state index contributed by atoms with van der Waals surface area (Å²) in [6.45, 7) is 4.03. The summed E-state index contributed by atoms with van der Waals surface area (Å²) >= 11 is 3.27. The van der Waals surface area contributed by atoms with E-state index in [0.29, 0.717) is 16.9 Å². The lowest BCUT2D eigenvalue weighted by Gasteiger charge is -2.13. The summed E-state index contributed by atoms with van der Waals surface area (Å²) in [7, 11) is 0. The molecule has 6 nitrogen and oxygen atoms in total. The van der Waals surface area contributed by atoms with Crippen LogP contribution in [0.4, 0.5) is 0 Å². The Kier molecular flexibility index (Phi) is 4.78. The lowest BCUT2D eigenvalue weighted by atomic mass is 10.1. The van der Waals surface area contributed by atoms with Crippen LogP contribution in [0.3, 0.4) is 0 Å². The van der Waals surface area contributed by atoms with Gasteiger partial charge in [-0.2, -0.15) is 0 Å². The number of thiazole rings is 1. The smallest absolute Gasteiger partial charge is 0.267 e. The predicted molar refractivity (Wildman–Crippen MR) is 135 cm³/mol. The third kappa shape index (κ3) is 3.34. The first-order chi connectivity index (χ1) is 16.1. The van der Waals surface area contributed by atoms with Crippen LogP contribution >= 0.6 is 23.1 Å². The standard InChI is InChI=1S/C25H19N5OS2/c1-15-11-12-16(2)20(13-15)29-23(31)17-7-3-5-9-19(17)30-24(29)27-28-25(30)32-14-22-26-18-8-4-6-10-21(18)33-22/h3-13H,14H2,1-2H3. The summed E-state index contributed by atoms with van der Waals surface area (Å²) in [6.07, 6.45) is 0. The first-order valence-corrected chi connectivity index (χ1v) is 12.3. The van der Waals surface area contributed by atoms with Crippen molar-refractivity contribution in [2.24, 2.45) is 0 Å². The van der Waals surface area contributed by atoms with Crippen molar-refractivity contribution in [3.63, 3.8) is 0 Å². The molecule has 3 aromatic heterocycles. The Hall–Kier alpha value is -3.49. The largest absolute Gasteiger partial charge is 0.268 e. The van der Waals surface area contributed by atoms with Gasteiger partial charge in [0.1, 0.15) is 5.01 Å². The van der Waals surface area contributed by atoms with E-state index >= 15 is 0 Å². The fraction of sp³-hybridized carbons (Fsp3) is 0.120. The highest BCUT2D eigenvalue weighted by Crippen LogP contribution is 2.29. The highest BCUT2D eigenvalue weighted by molar-refractivity contribution is 7.98. The van der Waals surface area contributed by atoms with Crippen LogP contribution in [-0.4, -0.2) is 24.1 Å². The number of thioether (sulfide) groups is 1. The molecule has 0 amide bonds. The summed E-state index contributed by atoms with van der Waals surface area (Å²) in [5, 5.41) is 11.4. The van der Waals surface area contributed by atoms with E-state index in [1.165, 1.54) is 4.70 Å². The van der Waals surface area contributed by atoms with Crippen molar-refractivity contribution < 1.29 is 0 Å². The number of para-hydroxylation sites is 2. The van der Waals surface area contributed by atoms with Gasteiger partial charge in [-0.1, -0.05) is 48.2 Å². The molecule has 3 heterocycles. The summed E-state index contributed by atoms with van der Waals surface area (Å²) in [5.74, 6) is 1.19. The van der Waals surface area contributed by atoms with Gasteiger partial charge >= 0.3 is 0 Å². The van der Waals surface area contributed by atoms with Crippen LogP contribution in [0.25, 0.3) is 32.6 Å². The number of rotatable bonds is 4. The zero-order chi connectivity index (χ0) is 22.5. The van der Waals surface area contributed by atoms with Gasteiger partial charge in [0.2, 0.25) is 5.78 Å². The maximum atomic E-state index is 13.6. The average molecular weight is 470 g/mol. The molecule has 162 valence electrons. The quantitative estimate of drug-likeness (QED) is 0.317. The van der Waals surface area contributed by atoms with Crippen LogP contribution in [0, 0.1) is 13.8 Å². The van der Waals surface area contributed by atoms with E-state index in [0.717, 1.165) is 38.0 Å². The molecule has 0 atom stereocenters. The number of benzene rings is 3. The molecular formula is C25H19N5OS2. The minimum Gasteiger partial charge on any atom is -0.268 e. The minimum atomic E-state index is -0.0954. The Bertz CT molecular complexity index is 1700. The van der Waals surface area contributed by atoms with Crippen molar-refractivity contribution in [3.05, 3.63) is 93.2 Å². The van der Waals surface area contributed by atoms with Gasteiger partial charge in [-0.15, -0.1) is 21.5 Å². The zero-order valence-corrected chi connectivity index (χ0v) is 19.7. The fourth-order valence-corrected chi connectivity index (χ4v) is 5.96. The van der Waals surface area contributed by atoms with E-state index in [2.05, 4.69) is 16.3 Å². The monoisotopic (exact) mass is 469 g/mol. The van der Waals surface area contributed by atoms with Crippen molar-refractivity contribution in [1.29, 1.82) is 0 Å². The number of nitrogens with zero attached hydrogens (tertiary/aromatic N) is 5. The van der Waals surface area contributed by atoms with Crippen LogP contribution in [0.5, 0.6) is 0 Å². The van der Waals surface area contributed by atoms with E-state index in [4.69, 9.17) is 4.98 Å². The topological polar surface area (TPSA) is 65.1 Å². The molecule has 0 saturated heterocycles. The molecule has 3 aromatic carbocycles. The first kappa shape index (κ1) is 20.1. The molecule has 0 spiro atoms. The predicted octanol–water partition coefficient (Wildman–Crippen LogP) is 5.55. The molecule has 0 N–H and O–H groups in total. The number of hydrogen-bond donors (Lipinski definition) is 0. The lowest BCUT2D eigenvalue weighted by Crippen LogP contribution is -2.22. The summed E-state index contributed by atoms with van der Waals surface area (Å²) < 4.78 is 4.84. The maximum Gasteiger partial charge on any atom is 0.267 e. The molecule has 8 heteroatoms. The summed E-state index contributed by atoms with van der Waals surface area (Å²) in [6, 6.07) is 21.9. The lowest BCUT2D eigenvalue weighted by molar-refractivity contribution is 0.927. The van der Waals surface area contributed by atoms with Crippen molar-refractivity contribution >= 4 is 50.0 Å². The number of aryl methyl sites for hydroxylation is 2. The number of hydrogen-bond acceptors (Lipinski definition) is 6. The van der Waals surface area contributed by atoms with Gasteiger partial charge in [0.05, 0.1) is 32.6 Å². The molecule has 6 aromatic rings. The Labute approximate surface area is 197 Å². The Balaban J connectivity index is 1.53. The average Bonchev–Trinajstić information content (AvgIpc) is 3.44. The van der Waals surface area contributed by atoms with Crippen molar-refractivity contribution in [3.8, 4) is 5.69 Å². The second-order valence-corrected chi connectivity index (χ2v) is 9.99. The van der Waals surface area contributed by atoms with Gasteiger partial charge in [0, 0.05) is 0 Å². The summed E-state index contributed by atoms with van der Waals surface area (Å²) in [4.78, 5) is 18.3. The summed E-state index contributed by atoms with van der Waals surface area (Å²) in [5.41, 5.74) is 4.63. The Morgan fingerprint density at radius 2 is 1.79 bits per heavy atom. The molecular weight excluding hydrogens is 450 g/mol. The zero-order valence-electron chi connectivity index (χ0n) is 18.0. The van der Waals surface area contributed by atoms with Gasteiger partial charge in [-0.25, -0.2) is 9.55 Å². The molecule has 0 unspecified atom stereocenters. The minimum absolute atomic E-state index is 0.0954. The van der Waals surface area contributed by atoms with E-state index < -0.39 is 0 Å². The normalized spacial score (nSPS) is 11.7. The third-order valence-corrected chi connectivity index (χ3v) is 7.82. The SMILES string of the molecule is Cc1ccc(C)c(-n2c(=O)c3ccccc3n3c(SCc4nc5ccccc5s4)nnc23)c1. The molecule has 0 aliphatic carbocycles. The van der Waals surface area contributed by atoms with Crippen molar-refractivity contribution in [1.82, 2.24) is 24.1 Å². The van der Waals surface area contributed by atoms with Crippen molar-refractivity contribution in [2.45, 2.75) is 24.8 Å². The second-order valence-electron chi connectivity index (χ2n) is 7.93. The molecule has 0 aliphatic rings. The van der Waals surface area contributed by atoms with Gasteiger partial charge < -0.3 is 0 Å². The third-order valence-electron chi connectivity index (χ3n) is 5.66. The van der Waals surface area contributed by atoms with E-state index in [1.54, 1.807) is 27.7 Å². The highest BCUT2D eigenvalue weighted by Gasteiger charge is 2.19. The van der Waals surface area contributed by atoms with Crippen LogP contribution < -0.4 is 5.56 Å². The highest BCUT2D eigenvalue weighted by atomic mass is 32.2. The molecule has 33 heavy (non-hydrogen) atoms. The van der Waals surface area contributed by atoms with Gasteiger partial charge in [-0.05, 0) is 55.3 Å². The van der Waals surface area contributed by atoms with Crippen LogP contribution in [-0.2, 0) is 5.75 Å².